The lowest BCUT2D eigenvalue weighted by molar-refractivity contribution is -0.327. The number of hydrogen-bond acceptors (Lipinski definition) is 10. The molecule has 362 valence electrons. The lowest BCUT2D eigenvalue weighted by atomic mass is 9.43. The summed E-state index contributed by atoms with van der Waals surface area (Å²) in [6.07, 6.45) is 32.3. The zero-order valence-electron chi connectivity index (χ0n) is 41.7. The van der Waals surface area contributed by atoms with Crippen LogP contribution in [0.5, 0.6) is 0 Å². The molecule has 3 aliphatic carbocycles. The van der Waals surface area contributed by atoms with Crippen LogP contribution < -0.4 is 0 Å². The van der Waals surface area contributed by atoms with E-state index in [9.17, 15) is 14.7 Å². The van der Waals surface area contributed by atoms with Gasteiger partial charge in [-0.1, -0.05) is 202 Å². The smallest absolute Gasteiger partial charge is 0.450 e. The number of Topliss-reactive ketones (excluding diaryl/α,β-unsaturated/α-hetero) is 1. The Morgan fingerprint density at radius 3 is 1.70 bits per heavy atom. The SMILES string of the molecule is [3H]CSO[C@H]1C[C@@]23OC(=O)O[C@H]2[C@@H]2[C@]4(O)CO[C@@H]4C[C@H](C)[C@@]2(C)C(=O)[C@H](OC(=O)CCCCCCCCCCCCCCCCCCCCCCCCCCCCC)C(=C1C)C3(C)C. The first kappa shape index (κ1) is 50.8. The molecule has 10 heteroatoms. The zero-order valence-corrected chi connectivity index (χ0v) is 41.5. The largest absolute Gasteiger partial charge is 0.509 e. The van der Waals surface area contributed by atoms with Gasteiger partial charge >= 0.3 is 12.1 Å². The lowest BCUT2D eigenvalue weighted by Gasteiger charge is -2.66. The molecular formula is C53H90O9S. The maximum Gasteiger partial charge on any atom is 0.509 e. The second-order valence-corrected chi connectivity index (χ2v) is 21.7. The Morgan fingerprint density at radius 1 is 0.778 bits per heavy atom. The molecule has 0 aromatic rings. The standard InChI is InChI=1S/C53H90O9S/c1-8-9-10-11-12-13-14-15-16-17-18-19-20-21-22-23-24-25-26-27-28-29-30-31-32-33-34-35-43(54)59-45-44-40(3)41(62-63-7)37-53(50(44,4)5)48(60-49(56)61-53)46-51(6,47(45)55)39(2)36-42-52(46,57)38-58-42/h39,41-42,45-46,48,57H,8-38H2,1-7H3/t39-,41-,42+,45+,46-,48-,51+,52-,53+/m0/s1/i7T. The van der Waals surface area contributed by atoms with Gasteiger partial charge in [-0.25, -0.2) is 4.79 Å². The van der Waals surface area contributed by atoms with Crippen molar-refractivity contribution in [3.05, 3.63) is 11.1 Å². The van der Waals surface area contributed by atoms with E-state index in [0.29, 0.717) is 18.4 Å². The van der Waals surface area contributed by atoms with Gasteiger partial charge in [0.15, 0.2) is 23.6 Å². The molecule has 0 aromatic heterocycles. The van der Waals surface area contributed by atoms with Crippen LogP contribution >= 0.6 is 12.0 Å². The fraction of sp³-hybridized carbons (Fsp3) is 0.906. The summed E-state index contributed by atoms with van der Waals surface area (Å²) in [4.78, 5) is 42.4. The van der Waals surface area contributed by atoms with Crippen LogP contribution in [0.2, 0.25) is 0 Å². The van der Waals surface area contributed by atoms with Crippen molar-refractivity contribution in [2.24, 2.45) is 22.7 Å². The molecule has 5 aliphatic rings. The first-order valence-corrected chi connectivity index (χ1v) is 27.0. The highest BCUT2D eigenvalue weighted by atomic mass is 32.2. The second kappa shape index (κ2) is 24.9. The summed E-state index contributed by atoms with van der Waals surface area (Å²) in [5.41, 5.74) is -3.78. The third-order valence-electron chi connectivity index (χ3n) is 16.7. The highest BCUT2D eigenvalue weighted by Crippen LogP contribution is 2.67. The van der Waals surface area contributed by atoms with Crippen LogP contribution in [0, 0.1) is 22.7 Å². The predicted octanol–water partition coefficient (Wildman–Crippen LogP) is 13.9. The van der Waals surface area contributed by atoms with E-state index in [1.807, 2.05) is 34.6 Å². The maximum atomic E-state index is 15.3. The van der Waals surface area contributed by atoms with Crippen molar-refractivity contribution >= 4 is 30.0 Å². The molecule has 2 saturated heterocycles. The van der Waals surface area contributed by atoms with E-state index >= 15 is 4.79 Å². The fourth-order valence-corrected chi connectivity index (χ4v) is 12.9. The lowest BCUT2D eigenvalue weighted by Crippen LogP contribution is -2.79. The van der Waals surface area contributed by atoms with E-state index in [0.717, 1.165) is 36.9 Å². The first-order valence-electron chi connectivity index (χ1n) is 26.8. The van der Waals surface area contributed by atoms with E-state index in [1.165, 1.54) is 148 Å². The van der Waals surface area contributed by atoms with Gasteiger partial charge in [0, 0.05) is 37.2 Å². The predicted molar refractivity (Wildman–Crippen MR) is 253 cm³/mol. The molecule has 2 aliphatic heterocycles. The Kier molecular flexibility index (Phi) is 20.1. The molecule has 2 heterocycles. The minimum absolute atomic E-state index is 0.00289. The summed E-state index contributed by atoms with van der Waals surface area (Å²) in [6, 6.07) is 0. The molecule has 2 bridgehead atoms. The Bertz CT molecular complexity index is 1500. The third kappa shape index (κ3) is 12.3. The van der Waals surface area contributed by atoms with E-state index in [1.54, 1.807) is 0 Å². The molecule has 63 heavy (non-hydrogen) atoms. The summed E-state index contributed by atoms with van der Waals surface area (Å²) >= 11 is 0.972. The van der Waals surface area contributed by atoms with Gasteiger partial charge in [-0.3, -0.25) is 9.59 Å². The van der Waals surface area contributed by atoms with Crippen molar-refractivity contribution in [3.63, 3.8) is 0 Å². The van der Waals surface area contributed by atoms with Gasteiger partial charge in [0.05, 0.1) is 18.8 Å². The molecule has 0 amide bonds. The van der Waals surface area contributed by atoms with Crippen molar-refractivity contribution in [1.82, 2.24) is 0 Å². The summed E-state index contributed by atoms with van der Waals surface area (Å²) in [5, 5.41) is 12.3. The molecule has 2 saturated carbocycles. The molecule has 1 N–H and O–H groups in total. The minimum atomic E-state index is -1.45. The average Bonchev–Trinajstić information content (AvgIpc) is 3.59. The number of ether oxygens (including phenoxy) is 4. The van der Waals surface area contributed by atoms with E-state index in [2.05, 4.69) is 6.92 Å². The quantitative estimate of drug-likeness (QED) is 0.0312. The number of ketones is 1. The Morgan fingerprint density at radius 2 is 1.25 bits per heavy atom. The van der Waals surface area contributed by atoms with Crippen LogP contribution in [0.1, 0.15) is 236 Å². The summed E-state index contributed by atoms with van der Waals surface area (Å²) in [5.74, 6) is -1.89. The highest BCUT2D eigenvalue weighted by molar-refractivity contribution is 7.93. The van der Waals surface area contributed by atoms with Crippen molar-refractivity contribution in [3.8, 4) is 0 Å². The number of rotatable bonds is 31. The van der Waals surface area contributed by atoms with Crippen LogP contribution in [0.25, 0.3) is 0 Å². The summed E-state index contributed by atoms with van der Waals surface area (Å²) in [7, 11) is 0. The van der Waals surface area contributed by atoms with Crippen LogP contribution in [0.15, 0.2) is 11.1 Å². The van der Waals surface area contributed by atoms with Crippen LogP contribution in [-0.2, 0) is 32.7 Å². The Balaban J connectivity index is 0.988. The van der Waals surface area contributed by atoms with Gasteiger partial charge in [0.1, 0.15) is 5.60 Å². The van der Waals surface area contributed by atoms with Gasteiger partial charge in [0.2, 0.25) is 0 Å². The molecule has 9 nitrogen and oxygen atoms in total. The molecule has 0 aromatic carbocycles. The molecule has 4 fully saturated rings. The molecule has 9 atom stereocenters. The molecular weight excluding hydrogens is 813 g/mol. The Labute approximate surface area is 389 Å². The number of unbranched alkanes of at least 4 members (excludes halogenated alkanes) is 26. The second-order valence-electron chi connectivity index (χ2n) is 21.3. The maximum absolute atomic E-state index is 15.3. The number of aliphatic hydroxyl groups is 1. The van der Waals surface area contributed by atoms with Crippen LogP contribution in [-0.4, -0.2) is 71.5 Å². The van der Waals surface area contributed by atoms with Crippen molar-refractivity contribution in [1.29, 1.82) is 0 Å². The summed E-state index contributed by atoms with van der Waals surface area (Å²) in [6.45, 7) is 11.8. The number of carbonyl (C=O) groups is 3. The number of hydrogen-bond donors (Lipinski definition) is 1. The van der Waals surface area contributed by atoms with E-state index in [-0.39, 0.29) is 37.4 Å². The molecule has 1 spiro atoms. The number of fused-ring (bicyclic) bond motifs is 5. The Hall–Kier alpha value is -1.62. The van der Waals surface area contributed by atoms with Crippen molar-refractivity contribution < 1.29 is 44.0 Å². The zero-order chi connectivity index (χ0) is 46.2. The van der Waals surface area contributed by atoms with Gasteiger partial charge in [0.25, 0.3) is 0 Å². The van der Waals surface area contributed by atoms with E-state index in [4.69, 9.17) is 24.5 Å². The van der Waals surface area contributed by atoms with Gasteiger partial charge in [-0.05, 0) is 48.9 Å². The fourth-order valence-electron chi connectivity index (χ4n) is 12.5. The van der Waals surface area contributed by atoms with Crippen molar-refractivity contribution in [2.75, 3.05) is 12.8 Å². The van der Waals surface area contributed by atoms with E-state index < -0.39 is 64.5 Å². The highest BCUT2D eigenvalue weighted by Gasteiger charge is 2.79. The minimum Gasteiger partial charge on any atom is -0.450 e. The average molecular weight is 905 g/mol. The van der Waals surface area contributed by atoms with Crippen molar-refractivity contribution in [2.45, 2.75) is 270 Å². The first-order chi connectivity index (χ1) is 30.8. The number of esters is 1. The normalized spacial score (nSPS) is 32.1. The monoisotopic (exact) mass is 905 g/mol. The van der Waals surface area contributed by atoms with Gasteiger partial charge in [-0.2, -0.15) is 0 Å². The number of carbonyl (C=O) groups excluding carboxylic acids is 3. The van der Waals surface area contributed by atoms with Gasteiger partial charge < -0.3 is 28.2 Å². The molecule has 0 unspecified atom stereocenters. The van der Waals surface area contributed by atoms with Crippen LogP contribution in [0.3, 0.4) is 0 Å². The summed E-state index contributed by atoms with van der Waals surface area (Å²) < 4.78 is 38.5. The molecule has 5 rings (SSSR count). The molecule has 0 radical (unpaired) electrons. The van der Waals surface area contributed by atoms with Crippen LogP contribution in [0.4, 0.5) is 4.79 Å². The topological polar surface area (TPSA) is 118 Å². The van der Waals surface area contributed by atoms with Gasteiger partial charge in [-0.15, -0.1) is 0 Å². The third-order valence-corrected chi connectivity index (χ3v) is 17.0.